The molecule has 2 heterocycles. The first kappa shape index (κ1) is 25.2. The summed E-state index contributed by atoms with van der Waals surface area (Å²) in [5, 5.41) is 10.6. The van der Waals surface area contributed by atoms with Crippen LogP contribution in [0.15, 0.2) is 167 Å². The Labute approximate surface area is 264 Å². The molecule has 0 spiro atoms. The van der Waals surface area contributed by atoms with Gasteiger partial charge in [-0.1, -0.05) is 133 Å². The van der Waals surface area contributed by atoms with Crippen LogP contribution in [0.25, 0.3) is 98.8 Å². The second-order valence-electron chi connectivity index (χ2n) is 12.0. The maximum Gasteiger partial charge on any atom is 0.139 e. The Balaban J connectivity index is 1.40. The molecule has 0 saturated carbocycles. The van der Waals surface area contributed by atoms with Crippen LogP contribution in [0.5, 0.6) is 0 Å². The fraction of sp³-hybridized carbons (Fsp3) is 0. The van der Waals surface area contributed by atoms with Crippen LogP contribution in [0.1, 0.15) is 0 Å². The van der Waals surface area contributed by atoms with E-state index in [1.165, 1.54) is 49.0 Å². The predicted octanol–water partition coefficient (Wildman–Crippen LogP) is 12.8. The molecule has 0 saturated heterocycles. The molecule has 2 aromatic heterocycles. The van der Waals surface area contributed by atoms with Gasteiger partial charge >= 0.3 is 0 Å². The monoisotopic (exact) mass is 586 g/mol. The smallest absolute Gasteiger partial charge is 0.139 e. The molecule has 10 aromatic rings. The van der Waals surface area contributed by atoms with E-state index in [0.29, 0.717) is 0 Å². The van der Waals surface area contributed by atoms with Crippen molar-refractivity contribution in [3.8, 4) is 33.6 Å². The van der Waals surface area contributed by atoms with Crippen molar-refractivity contribution in [3.63, 3.8) is 0 Å². The average molecular weight is 587 g/mol. The maximum atomic E-state index is 6.62. The highest BCUT2D eigenvalue weighted by Crippen LogP contribution is 2.50. The zero-order valence-corrected chi connectivity index (χ0v) is 24.8. The average Bonchev–Trinajstić information content (AvgIpc) is 3.71. The minimum Gasteiger partial charge on any atom is -0.456 e. The van der Waals surface area contributed by atoms with Gasteiger partial charge < -0.3 is 8.83 Å². The van der Waals surface area contributed by atoms with Gasteiger partial charge in [0.25, 0.3) is 0 Å². The van der Waals surface area contributed by atoms with E-state index in [2.05, 4.69) is 146 Å². The van der Waals surface area contributed by atoms with Crippen LogP contribution < -0.4 is 0 Å². The number of hydrogen-bond donors (Lipinski definition) is 0. The summed E-state index contributed by atoms with van der Waals surface area (Å²) >= 11 is 0. The molecule has 0 N–H and O–H groups in total. The lowest BCUT2D eigenvalue weighted by molar-refractivity contribution is 0.628. The van der Waals surface area contributed by atoms with Crippen LogP contribution in [0.4, 0.5) is 0 Å². The molecule has 0 atom stereocenters. The summed E-state index contributed by atoms with van der Waals surface area (Å²) < 4.78 is 13.2. The maximum absolute atomic E-state index is 6.62. The van der Waals surface area contributed by atoms with Crippen molar-refractivity contribution in [1.29, 1.82) is 0 Å². The standard InChI is InChI=1S/C44H26O2/c1-2-13-28(14-3-1)38-25-36-39(46-38)26-40-43(35-20-10-11-21-37(35)45-40)44(36)42-33-18-8-6-16-31(33)41(32-17-7-9-19-34(32)42)30-23-22-27-12-4-5-15-29(27)24-30/h1-26H. The molecule has 0 unspecified atom stereocenters. The van der Waals surface area contributed by atoms with Gasteiger partial charge in [0.05, 0.1) is 0 Å². The Bertz CT molecular complexity index is 2740. The van der Waals surface area contributed by atoms with Crippen molar-refractivity contribution in [2.45, 2.75) is 0 Å². The normalized spacial score (nSPS) is 11.9. The largest absolute Gasteiger partial charge is 0.456 e. The van der Waals surface area contributed by atoms with Crippen molar-refractivity contribution in [2.24, 2.45) is 0 Å². The number of benzene rings is 8. The van der Waals surface area contributed by atoms with Crippen molar-refractivity contribution in [3.05, 3.63) is 158 Å². The highest BCUT2D eigenvalue weighted by molar-refractivity contribution is 6.30. The van der Waals surface area contributed by atoms with Gasteiger partial charge in [-0.3, -0.25) is 0 Å². The summed E-state index contributed by atoms with van der Waals surface area (Å²) in [6.45, 7) is 0. The third-order valence-electron chi connectivity index (χ3n) is 9.44. The Morgan fingerprint density at radius 3 is 1.65 bits per heavy atom. The topological polar surface area (TPSA) is 26.3 Å². The first-order valence-corrected chi connectivity index (χ1v) is 15.7. The third-order valence-corrected chi connectivity index (χ3v) is 9.44. The Kier molecular flexibility index (Phi) is 5.31. The van der Waals surface area contributed by atoms with Gasteiger partial charge in [-0.25, -0.2) is 0 Å². The summed E-state index contributed by atoms with van der Waals surface area (Å²) in [4.78, 5) is 0. The van der Waals surface area contributed by atoms with E-state index >= 15 is 0 Å². The van der Waals surface area contributed by atoms with Gasteiger partial charge in [-0.15, -0.1) is 0 Å². The Morgan fingerprint density at radius 2 is 0.913 bits per heavy atom. The summed E-state index contributed by atoms with van der Waals surface area (Å²) in [6.07, 6.45) is 0. The third kappa shape index (κ3) is 3.65. The van der Waals surface area contributed by atoms with Crippen molar-refractivity contribution in [2.75, 3.05) is 0 Å². The fourth-order valence-corrected chi connectivity index (χ4v) is 7.44. The quantitative estimate of drug-likeness (QED) is 0.193. The Hall–Kier alpha value is -6.12. The second-order valence-corrected chi connectivity index (χ2v) is 12.0. The minimum absolute atomic E-state index is 0.812. The zero-order chi connectivity index (χ0) is 30.2. The number of rotatable bonds is 3. The Morgan fingerprint density at radius 1 is 0.304 bits per heavy atom. The van der Waals surface area contributed by atoms with E-state index < -0.39 is 0 Å². The second kappa shape index (κ2) is 9.69. The van der Waals surface area contributed by atoms with Crippen LogP contribution in [0.3, 0.4) is 0 Å². The van der Waals surface area contributed by atoms with Crippen molar-refractivity contribution >= 4 is 65.2 Å². The van der Waals surface area contributed by atoms with E-state index in [1.54, 1.807) is 0 Å². The lowest BCUT2D eigenvalue weighted by atomic mass is 9.83. The SMILES string of the molecule is c1ccc(-c2cc3c(-c4c5ccccc5c(-c5ccc6ccccc6c5)c5ccccc45)c4c(cc3o2)oc2ccccc24)cc1. The molecule has 0 fully saturated rings. The summed E-state index contributed by atoms with van der Waals surface area (Å²) in [7, 11) is 0. The molecule has 0 bridgehead atoms. The molecular weight excluding hydrogens is 560 g/mol. The summed E-state index contributed by atoms with van der Waals surface area (Å²) in [5.41, 5.74) is 8.35. The van der Waals surface area contributed by atoms with Gasteiger partial charge in [-0.2, -0.15) is 0 Å². The molecule has 214 valence electrons. The number of hydrogen-bond acceptors (Lipinski definition) is 2. The zero-order valence-electron chi connectivity index (χ0n) is 24.8. The highest BCUT2D eigenvalue weighted by atomic mass is 16.3. The minimum atomic E-state index is 0.812. The first-order chi connectivity index (χ1) is 22.8. The molecule has 0 aliphatic heterocycles. The predicted molar refractivity (Wildman–Crippen MR) is 192 cm³/mol. The van der Waals surface area contributed by atoms with Gasteiger partial charge in [0.1, 0.15) is 22.5 Å². The lowest BCUT2D eigenvalue weighted by Crippen LogP contribution is -1.92. The molecule has 8 aromatic carbocycles. The number of para-hydroxylation sites is 1. The lowest BCUT2D eigenvalue weighted by Gasteiger charge is -2.19. The van der Waals surface area contributed by atoms with Crippen LogP contribution in [0.2, 0.25) is 0 Å². The van der Waals surface area contributed by atoms with Crippen molar-refractivity contribution in [1.82, 2.24) is 0 Å². The van der Waals surface area contributed by atoms with Gasteiger partial charge in [0, 0.05) is 33.4 Å². The van der Waals surface area contributed by atoms with Crippen LogP contribution in [0, 0.1) is 0 Å². The van der Waals surface area contributed by atoms with Crippen molar-refractivity contribution < 1.29 is 8.83 Å². The van der Waals surface area contributed by atoms with Crippen LogP contribution in [-0.2, 0) is 0 Å². The molecule has 0 radical (unpaired) electrons. The van der Waals surface area contributed by atoms with E-state index in [9.17, 15) is 0 Å². The molecule has 0 aliphatic carbocycles. The number of fused-ring (bicyclic) bond motifs is 7. The molecule has 2 heteroatoms. The molecule has 2 nitrogen and oxygen atoms in total. The molecular formula is C44H26O2. The van der Waals surface area contributed by atoms with Crippen LogP contribution in [-0.4, -0.2) is 0 Å². The van der Waals surface area contributed by atoms with Crippen LogP contribution >= 0.6 is 0 Å². The van der Waals surface area contributed by atoms with E-state index in [4.69, 9.17) is 8.83 Å². The van der Waals surface area contributed by atoms with E-state index in [0.717, 1.165) is 49.8 Å². The summed E-state index contributed by atoms with van der Waals surface area (Å²) in [6, 6.07) is 56.1. The van der Waals surface area contributed by atoms with Gasteiger partial charge in [0.15, 0.2) is 0 Å². The van der Waals surface area contributed by atoms with Gasteiger partial charge in [0.2, 0.25) is 0 Å². The molecule has 10 rings (SSSR count). The summed E-state index contributed by atoms with van der Waals surface area (Å²) in [5.74, 6) is 0.843. The highest BCUT2D eigenvalue weighted by Gasteiger charge is 2.24. The molecule has 0 amide bonds. The molecule has 46 heavy (non-hydrogen) atoms. The van der Waals surface area contributed by atoms with E-state index in [1.807, 2.05) is 12.1 Å². The molecule has 0 aliphatic rings. The van der Waals surface area contributed by atoms with E-state index in [-0.39, 0.29) is 0 Å². The number of furan rings is 2. The fourth-order valence-electron chi connectivity index (χ4n) is 7.44. The first-order valence-electron chi connectivity index (χ1n) is 15.7. The van der Waals surface area contributed by atoms with Gasteiger partial charge in [-0.05, 0) is 67.2 Å².